The molecule has 0 aromatic carbocycles. The Kier molecular flexibility index (Phi) is 1.57. The molecule has 0 amide bonds. The van der Waals surface area contributed by atoms with Crippen LogP contribution < -0.4 is 0 Å². The van der Waals surface area contributed by atoms with Gasteiger partial charge in [-0.2, -0.15) is 0 Å². The van der Waals surface area contributed by atoms with Crippen LogP contribution in [0.3, 0.4) is 0 Å². The lowest BCUT2D eigenvalue weighted by molar-refractivity contribution is 0.0533. The fourth-order valence-electron chi connectivity index (χ4n) is 0.999. The molecule has 2 heteroatoms. The van der Waals surface area contributed by atoms with Gasteiger partial charge in [-0.3, -0.25) is 0 Å². The first kappa shape index (κ1) is 7.35. The summed E-state index contributed by atoms with van der Waals surface area (Å²) in [5.41, 5.74) is 0.139. The summed E-state index contributed by atoms with van der Waals surface area (Å²) in [6.45, 7) is 5.33. The topological polar surface area (TPSA) is 33.4 Å². The van der Waals surface area contributed by atoms with Crippen LogP contribution in [0, 0.1) is 6.92 Å². The predicted molar refractivity (Wildman–Crippen MR) is 38.7 cm³/mol. The highest BCUT2D eigenvalue weighted by Crippen LogP contribution is 2.23. The fourth-order valence-corrected chi connectivity index (χ4v) is 0.999. The third kappa shape index (κ3) is 1.21. The number of rotatable bonds is 1. The van der Waals surface area contributed by atoms with Gasteiger partial charge >= 0.3 is 0 Å². The van der Waals surface area contributed by atoms with Crippen molar-refractivity contribution < 1.29 is 9.52 Å². The van der Waals surface area contributed by atoms with Gasteiger partial charge < -0.3 is 9.52 Å². The van der Waals surface area contributed by atoms with Gasteiger partial charge in [0.2, 0.25) is 0 Å². The van der Waals surface area contributed by atoms with E-state index in [2.05, 4.69) is 0 Å². The molecule has 0 fully saturated rings. The van der Waals surface area contributed by atoms with Gasteiger partial charge in [0.1, 0.15) is 11.4 Å². The van der Waals surface area contributed by atoms with Crippen molar-refractivity contribution in [3.05, 3.63) is 23.7 Å². The van der Waals surface area contributed by atoms with Crippen LogP contribution >= 0.6 is 0 Å². The Labute approximate surface area is 60.5 Å². The van der Waals surface area contributed by atoms with Gasteiger partial charge in [-0.25, -0.2) is 0 Å². The van der Waals surface area contributed by atoms with Crippen LogP contribution in [0.25, 0.3) is 0 Å². The maximum Gasteiger partial charge on any atom is 0.137 e. The van der Waals surface area contributed by atoms with Crippen LogP contribution in [-0.4, -0.2) is 5.11 Å². The summed E-state index contributed by atoms with van der Waals surface area (Å²) in [5.74, 6) is 0.646. The molecule has 0 aliphatic carbocycles. The molecular formula is C8H12O2. The maximum absolute atomic E-state index is 9.46. The molecule has 0 saturated carbocycles. The Morgan fingerprint density at radius 1 is 1.50 bits per heavy atom. The molecule has 1 rings (SSSR count). The molecule has 1 aromatic heterocycles. The molecule has 0 saturated heterocycles. The highest BCUT2D eigenvalue weighted by Gasteiger charge is 2.21. The summed E-state index contributed by atoms with van der Waals surface area (Å²) in [6, 6.07) is 1.84. The van der Waals surface area contributed by atoms with E-state index in [0.29, 0.717) is 5.76 Å². The van der Waals surface area contributed by atoms with Crippen molar-refractivity contribution in [1.29, 1.82) is 0 Å². The Hall–Kier alpha value is -0.760. The van der Waals surface area contributed by atoms with Crippen LogP contribution in [-0.2, 0) is 5.60 Å². The highest BCUT2D eigenvalue weighted by atomic mass is 16.4. The summed E-state index contributed by atoms with van der Waals surface area (Å²) in [5, 5.41) is 9.46. The van der Waals surface area contributed by atoms with Crippen LogP contribution in [0.15, 0.2) is 16.7 Å². The molecule has 0 bridgehead atoms. The van der Waals surface area contributed by atoms with Crippen LogP contribution in [0.1, 0.15) is 25.2 Å². The monoisotopic (exact) mass is 140 g/mol. The molecule has 56 valence electrons. The van der Waals surface area contributed by atoms with E-state index in [4.69, 9.17) is 4.42 Å². The average molecular weight is 140 g/mol. The summed E-state index contributed by atoms with van der Waals surface area (Å²) in [4.78, 5) is 0. The second-order valence-corrected chi connectivity index (χ2v) is 2.99. The van der Waals surface area contributed by atoms with Crippen molar-refractivity contribution in [2.24, 2.45) is 0 Å². The lowest BCUT2D eigenvalue weighted by Crippen LogP contribution is -2.15. The molecule has 0 aliphatic rings. The van der Waals surface area contributed by atoms with Gasteiger partial charge in [-0.15, -0.1) is 0 Å². The number of hydrogen-bond donors (Lipinski definition) is 1. The third-order valence-corrected chi connectivity index (χ3v) is 1.42. The van der Waals surface area contributed by atoms with E-state index in [1.807, 2.05) is 13.0 Å². The number of hydrogen-bond acceptors (Lipinski definition) is 2. The minimum atomic E-state index is -0.854. The largest absolute Gasteiger partial charge is 0.466 e. The van der Waals surface area contributed by atoms with Crippen molar-refractivity contribution in [3.63, 3.8) is 0 Å². The lowest BCUT2D eigenvalue weighted by Gasteiger charge is -2.14. The third-order valence-electron chi connectivity index (χ3n) is 1.42. The number of furan rings is 1. The summed E-state index contributed by atoms with van der Waals surface area (Å²) < 4.78 is 5.08. The first-order valence-corrected chi connectivity index (χ1v) is 3.29. The maximum atomic E-state index is 9.46. The molecular weight excluding hydrogens is 128 g/mol. The highest BCUT2D eigenvalue weighted by molar-refractivity contribution is 5.19. The summed E-state index contributed by atoms with van der Waals surface area (Å²) >= 11 is 0. The molecule has 0 radical (unpaired) electrons. The van der Waals surface area contributed by atoms with Crippen LogP contribution in [0.2, 0.25) is 0 Å². The standard InChI is InChI=1S/C8H12O2/c1-6-4-5-10-7(6)8(2,3)9/h4-5,9H,1-3H3. The van der Waals surface area contributed by atoms with Gasteiger partial charge in [0.25, 0.3) is 0 Å². The number of aliphatic hydroxyl groups is 1. The van der Waals surface area contributed by atoms with Gasteiger partial charge in [0.05, 0.1) is 6.26 Å². The van der Waals surface area contributed by atoms with Crippen LogP contribution in [0.4, 0.5) is 0 Å². The zero-order chi connectivity index (χ0) is 7.78. The smallest absolute Gasteiger partial charge is 0.137 e. The summed E-state index contributed by atoms with van der Waals surface area (Å²) in [7, 11) is 0. The molecule has 0 spiro atoms. The van der Waals surface area contributed by atoms with E-state index >= 15 is 0 Å². The van der Waals surface area contributed by atoms with E-state index < -0.39 is 5.60 Å². The van der Waals surface area contributed by atoms with Crippen molar-refractivity contribution in [2.75, 3.05) is 0 Å². The second kappa shape index (κ2) is 2.13. The zero-order valence-electron chi connectivity index (χ0n) is 6.51. The first-order valence-electron chi connectivity index (χ1n) is 3.29. The quantitative estimate of drug-likeness (QED) is 0.645. The fraction of sp³-hybridized carbons (Fsp3) is 0.500. The Morgan fingerprint density at radius 2 is 2.10 bits per heavy atom. The minimum Gasteiger partial charge on any atom is -0.466 e. The van der Waals surface area contributed by atoms with Gasteiger partial charge in [0, 0.05) is 0 Å². The van der Waals surface area contributed by atoms with Gasteiger partial charge in [0.15, 0.2) is 0 Å². The molecule has 1 aromatic rings. The Bertz CT molecular complexity index is 217. The molecule has 1 heterocycles. The normalized spacial score (nSPS) is 12.0. The van der Waals surface area contributed by atoms with Crippen molar-refractivity contribution in [3.8, 4) is 0 Å². The Balaban J connectivity index is 3.05. The van der Waals surface area contributed by atoms with Gasteiger partial charge in [-0.05, 0) is 32.4 Å². The molecule has 2 nitrogen and oxygen atoms in total. The molecule has 0 atom stereocenters. The van der Waals surface area contributed by atoms with Crippen LogP contribution in [0.5, 0.6) is 0 Å². The average Bonchev–Trinajstić information content (AvgIpc) is 2.11. The molecule has 0 unspecified atom stereocenters. The first-order chi connectivity index (χ1) is 4.52. The van der Waals surface area contributed by atoms with E-state index in [-0.39, 0.29) is 0 Å². The SMILES string of the molecule is Cc1ccoc1C(C)(C)O. The Morgan fingerprint density at radius 3 is 2.30 bits per heavy atom. The van der Waals surface area contributed by atoms with E-state index in [9.17, 15) is 5.11 Å². The molecule has 1 N–H and O–H groups in total. The minimum absolute atomic E-state index is 0.646. The number of aryl methyl sites for hydroxylation is 1. The van der Waals surface area contributed by atoms with E-state index in [1.165, 1.54) is 0 Å². The van der Waals surface area contributed by atoms with Crippen molar-refractivity contribution in [2.45, 2.75) is 26.4 Å². The predicted octanol–water partition coefficient (Wildman–Crippen LogP) is 1.82. The zero-order valence-corrected chi connectivity index (χ0v) is 6.51. The second-order valence-electron chi connectivity index (χ2n) is 2.99. The van der Waals surface area contributed by atoms with E-state index in [1.54, 1.807) is 20.1 Å². The summed E-state index contributed by atoms with van der Waals surface area (Å²) in [6.07, 6.45) is 1.59. The van der Waals surface area contributed by atoms with E-state index in [0.717, 1.165) is 5.56 Å². The van der Waals surface area contributed by atoms with Crippen molar-refractivity contribution in [1.82, 2.24) is 0 Å². The molecule has 10 heavy (non-hydrogen) atoms. The van der Waals surface area contributed by atoms with Gasteiger partial charge in [-0.1, -0.05) is 0 Å². The lowest BCUT2D eigenvalue weighted by atomic mass is 10.0. The molecule has 0 aliphatic heterocycles. The van der Waals surface area contributed by atoms with Crippen molar-refractivity contribution >= 4 is 0 Å².